The van der Waals surface area contributed by atoms with Crippen LogP contribution in [0.3, 0.4) is 0 Å². The third-order valence-corrected chi connectivity index (χ3v) is 6.12. The van der Waals surface area contributed by atoms with Gasteiger partial charge in [0, 0.05) is 28.7 Å². The van der Waals surface area contributed by atoms with Gasteiger partial charge in [0.05, 0.1) is 6.04 Å². The second-order valence-corrected chi connectivity index (χ2v) is 9.10. The summed E-state index contributed by atoms with van der Waals surface area (Å²) in [7, 11) is 0. The number of aryl methyl sites for hydroxylation is 1. The molecule has 4 nitrogen and oxygen atoms in total. The quantitative estimate of drug-likeness (QED) is 0.688. The molecule has 2 atom stereocenters. The second kappa shape index (κ2) is 6.43. The number of hydrogen-bond acceptors (Lipinski definition) is 2. The highest BCUT2D eigenvalue weighted by atomic mass is 16.6. The number of benzene rings is 1. The van der Waals surface area contributed by atoms with Gasteiger partial charge in [-0.2, -0.15) is 0 Å². The van der Waals surface area contributed by atoms with Gasteiger partial charge in [-0.25, -0.2) is 4.79 Å². The highest BCUT2D eigenvalue weighted by molar-refractivity contribution is 5.86. The first-order chi connectivity index (χ1) is 12.8. The summed E-state index contributed by atoms with van der Waals surface area (Å²) >= 11 is 0. The van der Waals surface area contributed by atoms with E-state index in [1.807, 2.05) is 31.7 Å². The van der Waals surface area contributed by atoms with Crippen LogP contribution in [0.15, 0.2) is 36.9 Å². The Morgan fingerprint density at radius 1 is 1.37 bits per heavy atom. The van der Waals surface area contributed by atoms with Gasteiger partial charge >= 0.3 is 6.09 Å². The van der Waals surface area contributed by atoms with Crippen LogP contribution in [0.5, 0.6) is 0 Å². The number of H-pyrrole nitrogens is 1. The fourth-order valence-corrected chi connectivity index (χ4v) is 5.14. The number of amides is 1. The van der Waals surface area contributed by atoms with Gasteiger partial charge in [-0.15, -0.1) is 6.58 Å². The van der Waals surface area contributed by atoms with E-state index in [1.165, 1.54) is 16.6 Å². The molecule has 0 bridgehead atoms. The van der Waals surface area contributed by atoms with Crippen molar-refractivity contribution in [2.45, 2.75) is 64.5 Å². The van der Waals surface area contributed by atoms with E-state index in [9.17, 15) is 4.79 Å². The zero-order valence-electron chi connectivity index (χ0n) is 16.7. The minimum atomic E-state index is -0.493. The standard InChI is InChI=1S/C23H30N2O2/c1-5-12-23-13-8-15-25(21(26)27-22(2,3)4)20(23)19-16-9-6-7-10-17(16)24-18(19)11-14-23/h5-7,9-10,20,24H,1,8,11-15H2,2-4H3/t20-,23+/m0/s1. The van der Waals surface area contributed by atoms with E-state index in [1.54, 1.807) is 0 Å². The highest BCUT2D eigenvalue weighted by Gasteiger charge is 2.50. The molecule has 2 aromatic rings. The van der Waals surface area contributed by atoms with E-state index in [4.69, 9.17) is 4.74 Å². The van der Waals surface area contributed by atoms with Crippen molar-refractivity contribution in [3.63, 3.8) is 0 Å². The topological polar surface area (TPSA) is 45.3 Å². The van der Waals surface area contributed by atoms with Crippen molar-refractivity contribution < 1.29 is 9.53 Å². The summed E-state index contributed by atoms with van der Waals surface area (Å²) in [5.41, 5.74) is 3.29. The van der Waals surface area contributed by atoms with Gasteiger partial charge in [0.2, 0.25) is 0 Å². The molecular formula is C23H30N2O2. The number of hydrogen-bond donors (Lipinski definition) is 1. The first kappa shape index (κ1) is 18.1. The van der Waals surface area contributed by atoms with Crippen LogP contribution < -0.4 is 0 Å². The summed E-state index contributed by atoms with van der Waals surface area (Å²) in [6, 6.07) is 8.49. The number of aromatic nitrogens is 1. The van der Waals surface area contributed by atoms with Crippen molar-refractivity contribution in [1.29, 1.82) is 0 Å². The Hall–Kier alpha value is -2.23. The number of para-hydroxylation sites is 1. The summed E-state index contributed by atoms with van der Waals surface area (Å²) in [6.45, 7) is 10.6. The number of nitrogens with one attached hydrogen (secondary N) is 1. The monoisotopic (exact) mass is 366 g/mol. The SMILES string of the molecule is C=CC[C@]12CCCN(C(=O)OC(C)(C)C)[C@H]1c1c([nH]c3ccccc13)CC2. The van der Waals surface area contributed by atoms with Gasteiger partial charge in [0.15, 0.2) is 0 Å². The average Bonchev–Trinajstić information content (AvgIpc) is 2.98. The number of rotatable bonds is 2. The third-order valence-electron chi connectivity index (χ3n) is 6.12. The molecule has 1 N–H and O–H groups in total. The lowest BCUT2D eigenvalue weighted by atomic mass is 9.62. The maximum Gasteiger partial charge on any atom is 0.410 e. The lowest BCUT2D eigenvalue weighted by Crippen LogP contribution is -2.51. The number of fused-ring (bicyclic) bond motifs is 5. The van der Waals surface area contributed by atoms with Crippen molar-refractivity contribution in [2.75, 3.05) is 6.54 Å². The summed E-state index contributed by atoms with van der Waals surface area (Å²) < 4.78 is 5.80. The van der Waals surface area contributed by atoms with Crippen molar-refractivity contribution in [1.82, 2.24) is 9.88 Å². The Kier molecular flexibility index (Phi) is 4.32. The zero-order valence-corrected chi connectivity index (χ0v) is 16.7. The van der Waals surface area contributed by atoms with E-state index < -0.39 is 5.60 Å². The zero-order chi connectivity index (χ0) is 19.2. The average molecular weight is 367 g/mol. The van der Waals surface area contributed by atoms with Gasteiger partial charge in [-0.1, -0.05) is 24.3 Å². The Balaban J connectivity index is 1.85. The van der Waals surface area contributed by atoms with Crippen LogP contribution >= 0.6 is 0 Å². The van der Waals surface area contributed by atoms with Gasteiger partial charge in [0.1, 0.15) is 5.60 Å². The molecule has 144 valence electrons. The number of carbonyl (C=O) groups is 1. The van der Waals surface area contributed by atoms with Crippen molar-refractivity contribution in [3.8, 4) is 0 Å². The minimum absolute atomic E-state index is 0.0407. The molecule has 1 amide bonds. The molecule has 1 fully saturated rings. The first-order valence-corrected chi connectivity index (χ1v) is 10.0. The van der Waals surface area contributed by atoms with E-state index in [2.05, 4.69) is 35.8 Å². The Bertz CT molecular complexity index is 876. The Morgan fingerprint density at radius 2 is 2.15 bits per heavy atom. The lowest BCUT2D eigenvalue weighted by molar-refractivity contribution is -0.0316. The Labute approximate surface area is 161 Å². The van der Waals surface area contributed by atoms with Gasteiger partial charge in [-0.3, -0.25) is 0 Å². The van der Waals surface area contributed by atoms with Crippen LogP contribution in [0.4, 0.5) is 4.79 Å². The van der Waals surface area contributed by atoms with Gasteiger partial charge < -0.3 is 14.6 Å². The van der Waals surface area contributed by atoms with Crippen LogP contribution in [0.1, 0.15) is 63.8 Å². The number of piperidine rings is 1. The van der Waals surface area contributed by atoms with Crippen molar-refractivity contribution in [3.05, 3.63) is 48.2 Å². The molecule has 1 aliphatic carbocycles. The molecule has 0 spiro atoms. The summed E-state index contributed by atoms with van der Waals surface area (Å²) in [6.07, 6.45) is 7.00. The Morgan fingerprint density at radius 3 is 2.89 bits per heavy atom. The minimum Gasteiger partial charge on any atom is -0.444 e. The third kappa shape index (κ3) is 3.05. The van der Waals surface area contributed by atoms with Gasteiger partial charge in [-0.05, 0) is 64.4 Å². The molecule has 27 heavy (non-hydrogen) atoms. The van der Waals surface area contributed by atoms with E-state index >= 15 is 0 Å². The van der Waals surface area contributed by atoms with Crippen molar-refractivity contribution >= 4 is 17.0 Å². The molecule has 2 aliphatic rings. The summed E-state index contributed by atoms with van der Waals surface area (Å²) in [4.78, 5) is 18.8. The first-order valence-electron chi connectivity index (χ1n) is 10.0. The van der Waals surface area contributed by atoms with Crippen molar-refractivity contribution in [2.24, 2.45) is 5.41 Å². The molecule has 1 aromatic carbocycles. The van der Waals surface area contributed by atoms with Crippen LogP contribution in [0, 0.1) is 5.41 Å². The molecule has 4 heteroatoms. The maximum atomic E-state index is 13.2. The molecular weight excluding hydrogens is 336 g/mol. The number of carbonyl (C=O) groups excluding carboxylic acids is 1. The highest BCUT2D eigenvalue weighted by Crippen LogP contribution is 2.56. The molecule has 2 heterocycles. The fourth-order valence-electron chi connectivity index (χ4n) is 5.14. The number of allylic oxidation sites excluding steroid dienone is 1. The number of nitrogens with zero attached hydrogens (tertiary/aromatic N) is 1. The molecule has 0 saturated carbocycles. The fraction of sp³-hybridized carbons (Fsp3) is 0.522. The molecule has 1 saturated heterocycles. The summed E-state index contributed by atoms with van der Waals surface area (Å²) in [5.74, 6) is 0. The van der Waals surface area contributed by atoms with Crippen LogP contribution in [-0.4, -0.2) is 28.1 Å². The number of likely N-dealkylation sites (tertiary alicyclic amines) is 1. The van der Waals surface area contributed by atoms with E-state index in [0.29, 0.717) is 0 Å². The molecule has 0 unspecified atom stereocenters. The van der Waals surface area contributed by atoms with Crippen LogP contribution in [-0.2, 0) is 11.2 Å². The number of aromatic amines is 1. The molecule has 1 aromatic heterocycles. The largest absolute Gasteiger partial charge is 0.444 e. The number of ether oxygens (including phenoxy) is 1. The second-order valence-electron chi connectivity index (χ2n) is 9.10. The molecule has 4 rings (SSSR count). The lowest BCUT2D eigenvalue weighted by Gasteiger charge is -2.52. The molecule has 1 aliphatic heterocycles. The molecule has 0 radical (unpaired) electrons. The van der Waals surface area contributed by atoms with Crippen LogP contribution in [0.25, 0.3) is 10.9 Å². The van der Waals surface area contributed by atoms with E-state index in [0.717, 1.165) is 44.2 Å². The smallest absolute Gasteiger partial charge is 0.410 e. The maximum absolute atomic E-state index is 13.2. The van der Waals surface area contributed by atoms with Gasteiger partial charge in [0.25, 0.3) is 0 Å². The van der Waals surface area contributed by atoms with E-state index in [-0.39, 0.29) is 17.6 Å². The normalized spacial score (nSPS) is 25.0. The predicted octanol–water partition coefficient (Wildman–Crippen LogP) is 5.75. The summed E-state index contributed by atoms with van der Waals surface area (Å²) in [5, 5.41) is 1.24. The van der Waals surface area contributed by atoms with Crippen LogP contribution in [0.2, 0.25) is 0 Å². The predicted molar refractivity (Wildman–Crippen MR) is 109 cm³/mol.